The van der Waals surface area contributed by atoms with E-state index in [4.69, 9.17) is 0 Å². The zero-order valence-corrected chi connectivity index (χ0v) is 13.2. The summed E-state index contributed by atoms with van der Waals surface area (Å²) in [6, 6.07) is 0. The molecule has 0 saturated carbocycles. The van der Waals surface area contributed by atoms with E-state index in [0.717, 1.165) is 0 Å². The fraction of sp³-hybridized carbons (Fsp3) is 0.667. The SMILES string of the molecule is CCCCCCCCc1scc(Br)c1Br. The maximum atomic E-state index is 3.61. The molecule has 0 aliphatic rings. The molecule has 0 bridgehead atoms. The third kappa shape index (κ3) is 5.01. The highest BCUT2D eigenvalue weighted by molar-refractivity contribution is 9.13. The normalized spacial score (nSPS) is 10.9. The number of hydrogen-bond donors (Lipinski definition) is 0. The Bertz CT molecular complexity index is 281. The minimum atomic E-state index is 1.20. The summed E-state index contributed by atoms with van der Waals surface area (Å²) in [6.45, 7) is 2.26. The van der Waals surface area contributed by atoms with Crippen molar-refractivity contribution in [3.63, 3.8) is 0 Å². The summed E-state index contributed by atoms with van der Waals surface area (Å²) in [4.78, 5) is 1.48. The van der Waals surface area contributed by atoms with Crippen molar-refractivity contribution in [1.82, 2.24) is 0 Å². The van der Waals surface area contributed by atoms with E-state index in [2.05, 4.69) is 44.2 Å². The van der Waals surface area contributed by atoms with Crippen LogP contribution in [0.25, 0.3) is 0 Å². The fourth-order valence-electron chi connectivity index (χ4n) is 1.59. The van der Waals surface area contributed by atoms with Crippen LogP contribution in [-0.2, 0) is 6.42 Å². The molecule has 1 aromatic heterocycles. The van der Waals surface area contributed by atoms with E-state index in [9.17, 15) is 0 Å². The maximum absolute atomic E-state index is 3.61. The van der Waals surface area contributed by atoms with Crippen LogP contribution >= 0.6 is 43.2 Å². The largest absolute Gasteiger partial charge is 0.146 e. The van der Waals surface area contributed by atoms with Gasteiger partial charge >= 0.3 is 0 Å². The molecule has 0 unspecified atom stereocenters. The second kappa shape index (κ2) is 7.86. The van der Waals surface area contributed by atoms with E-state index in [-0.39, 0.29) is 0 Å². The molecule has 0 nitrogen and oxygen atoms in total. The average molecular weight is 354 g/mol. The Kier molecular flexibility index (Phi) is 7.19. The second-order valence-corrected chi connectivity index (χ2v) is 6.45. The summed E-state index contributed by atoms with van der Waals surface area (Å²) in [5.74, 6) is 0. The number of rotatable bonds is 7. The highest BCUT2D eigenvalue weighted by Gasteiger charge is 2.05. The van der Waals surface area contributed by atoms with E-state index in [1.54, 1.807) is 0 Å². The second-order valence-electron chi connectivity index (χ2n) is 3.84. The van der Waals surface area contributed by atoms with E-state index >= 15 is 0 Å². The van der Waals surface area contributed by atoms with Crippen LogP contribution in [-0.4, -0.2) is 0 Å². The molecule has 0 aliphatic heterocycles. The van der Waals surface area contributed by atoms with Gasteiger partial charge in [-0.05, 0) is 44.7 Å². The van der Waals surface area contributed by atoms with Crippen LogP contribution in [0.5, 0.6) is 0 Å². The van der Waals surface area contributed by atoms with Crippen LogP contribution in [0, 0.1) is 0 Å². The van der Waals surface area contributed by atoms with Gasteiger partial charge in [-0.2, -0.15) is 0 Å². The van der Waals surface area contributed by atoms with E-state index in [1.807, 2.05) is 11.3 Å². The van der Waals surface area contributed by atoms with Crippen LogP contribution in [0.4, 0.5) is 0 Å². The van der Waals surface area contributed by atoms with Gasteiger partial charge in [-0.1, -0.05) is 39.0 Å². The first-order valence-electron chi connectivity index (χ1n) is 5.67. The summed E-state index contributed by atoms with van der Waals surface area (Å²) in [6.07, 6.45) is 9.47. The van der Waals surface area contributed by atoms with Gasteiger partial charge in [0.25, 0.3) is 0 Å². The monoisotopic (exact) mass is 352 g/mol. The number of unbranched alkanes of at least 4 members (excludes halogenated alkanes) is 5. The molecule has 0 radical (unpaired) electrons. The van der Waals surface area contributed by atoms with Crippen molar-refractivity contribution in [3.8, 4) is 0 Å². The van der Waals surface area contributed by atoms with Crippen molar-refractivity contribution in [2.75, 3.05) is 0 Å². The molecule has 0 N–H and O–H groups in total. The summed E-state index contributed by atoms with van der Waals surface area (Å²) < 4.78 is 2.47. The smallest absolute Gasteiger partial charge is 0.0456 e. The van der Waals surface area contributed by atoms with Crippen LogP contribution in [0.2, 0.25) is 0 Å². The van der Waals surface area contributed by atoms with Crippen LogP contribution in [0.3, 0.4) is 0 Å². The van der Waals surface area contributed by atoms with Crippen molar-refractivity contribution in [2.45, 2.75) is 51.9 Å². The minimum absolute atomic E-state index is 1.20. The molecule has 0 aromatic carbocycles. The molecule has 3 heteroatoms. The van der Waals surface area contributed by atoms with Gasteiger partial charge in [-0.15, -0.1) is 11.3 Å². The lowest BCUT2D eigenvalue weighted by Crippen LogP contribution is -1.83. The molecule has 86 valence electrons. The van der Waals surface area contributed by atoms with Gasteiger partial charge < -0.3 is 0 Å². The zero-order chi connectivity index (χ0) is 11.1. The summed E-state index contributed by atoms with van der Waals surface area (Å²) in [5, 5.41) is 2.16. The molecule has 0 atom stereocenters. The first-order valence-corrected chi connectivity index (χ1v) is 8.13. The van der Waals surface area contributed by atoms with E-state index < -0.39 is 0 Å². The quantitative estimate of drug-likeness (QED) is 0.513. The van der Waals surface area contributed by atoms with Crippen LogP contribution in [0.1, 0.15) is 50.3 Å². The number of thiophene rings is 1. The summed E-state index contributed by atoms with van der Waals surface area (Å²) >= 11 is 8.98. The Hall–Kier alpha value is 0.660. The maximum Gasteiger partial charge on any atom is 0.0456 e. The van der Waals surface area contributed by atoms with Gasteiger partial charge in [-0.25, -0.2) is 0 Å². The lowest BCUT2D eigenvalue weighted by Gasteiger charge is -2.00. The topological polar surface area (TPSA) is 0 Å². The lowest BCUT2D eigenvalue weighted by atomic mass is 10.1. The molecule has 1 aromatic rings. The molecular weight excluding hydrogens is 336 g/mol. The van der Waals surface area contributed by atoms with Gasteiger partial charge in [0.1, 0.15) is 0 Å². The zero-order valence-electron chi connectivity index (χ0n) is 9.19. The Morgan fingerprint density at radius 3 is 2.33 bits per heavy atom. The molecule has 0 aliphatic carbocycles. The molecule has 1 heterocycles. The number of aryl methyl sites for hydroxylation is 1. The third-order valence-corrected chi connectivity index (χ3v) is 6.19. The number of hydrogen-bond acceptors (Lipinski definition) is 1. The molecule has 0 spiro atoms. The predicted molar refractivity (Wildman–Crippen MR) is 76.8 cm³/mol. The van der Waals surface area contributed by atoms with Gasteiger partial charge in [-0.3, -0.25) is 0 Å². The van der Waals surface area contributed by atoms with Crippen LogP contribution < -0.4 is 0 Å². The minimum Gasteiger partial charge on any atom is -0.146 e. The summed E-state index contributed by atoms with van der Waals surface area (Å²) in [5.41, 5.74) is 0. The average Bonchev–Trinajstić information content (AvgIpc) is 2.54. The standard InChI is InChI=1S/C12H18Br2S/c1-2-3-4-5-6-7-8-11-12(14)10(13)9-15-11/h9H,2-8H2,1H3. The van der Waals surface area contributed by atoms with Crippen molar-refractivity contribution in [1.29, 1.82) is 0 Å². The molecule has 0 fully saturated rings. The van der Waals surface area contributed by atoms with Gasteiger partial charge in [0, 0.05) is 19.2 Å². The van der Waals surface area contributed by atoms with E-state index in [0.29, 0.717) is 0 Å². The fourth-order valence-corrected chi connectivity index (χ4v) is 3.83. The number of halogens is 2. The highest BCUT2D eigenvalue weighted by Crippen LogP contribution is 2.33. The Labute approximate surface area is 114 Å². The van der Waals surface area contributed by atoms with Crippen molar-refractivity contribution in [2.24, 2.45) is 0 Å². The molecule has 0 amide bonds. The van der Waals surface area contributed by atoms with Crippen molar-refractivity contribution >= 4 is 43.2 Å². The van der Waals surface area contributed by atoms with E-state index in [1.165, 1.54) is 58.8 Å². The van der Waals surface area contributed by atoms with Gasteiger partial charge in [0.2, 0.25) is 0 Å². The first kappa shape index (κ1) is 13.7. The summed E-state index contributed by atoms with van der Waals surface area (Å²) in [7, 11) is 0. The highest BCUT2D eigenvalue weighted by atomic mass is 79.9. The lowest BCUT2D eigenvalue weighted by molar-refractivity contribution is 0.609. The molecular formula is C12H18Br2S. The predicted octanol–water partition coefficient (Wildman–Crippen LogP) is 6.18. The Balaban J connectivity index is 2.12. The van der Waals surface area contributed by atoms with Crippen LogP contribution in [0.15, 0.2) is 14.3 Å². The Morgan fingerprint density at radius 1 is 1.07 bits per heavy atom. The van der Waals surface area contributed by atoms with Crippen molar-refractivity contribution < 1.29 is 0 Å². The van der Waals surface area contributed by atoms with Gasteiger partial charge in [0.05, 0.1) is 0 Å². The van der Waals surface area contributed by atoms with Crippen molar-refractivity contribution in [3.05, 3.63) is 19.2 Å². The molecule has 0 saturated heterocycles. The molecule has 15 heavy (non-hydrogen) atoms. The Morgan fingerprint density at radius 2 is 1.73 bits per heavy atom. The molecule has 1 rings (SSSR count). The van der Waals surface area contributed by atoms with Gasteiger partial charge in [0.15, 0.2) is 0 Å². The first-order chi connectivity index (χ1) is 7.25. The third-order valence-electron chi connectivity index (χ3n) is 2.52.